The molecule has 4 unspecified atom stereocenters. The lowest BCUT2D eigenvalue weighted by Crippen LogP contribution is -2.28. The monoisotopic (exact) mass is 306 g/mol. The summed E-state index contributed by atoms with van der Waals surface area (Å²) in [7, 11) is -4.89. The lowest BCUT2D eigenvalue weighted by molar-refractivity contribution is -0.222. The zero-order chi connectivity index (χ0) is 14.9. The summed E-state index contributed by atoms with van der Waals surface area (Å²) in [5, 5.41) is 9.72. The molecule has 4 N–H and O–H groups in total. The van der Waals surface area contributed by atoms with Crippen molar-refractivity contribution in [1.82, 2.24) is 9.55 Å². The van der Waals surface area contributed by atoms with Gasteiger partial charge < -0.3 is 29.9 Å². The summed E-state index contributed by atoms with van der Waals surface area (Å²) in [4.78, 5) is 34.1. The van der Waals surface area contributed by atoms with E-state index in [2.05, 4.69) is 9.51 Å². The van der Waals surface area contributed by atoms with Crippen LogP contribution in [0.3, 0.4) is 0 Å². The second-order valence-corrected chi connectivity index (χ2v) is 5.43. The van der Waals surface area contributed by atoms with Crippen LogP contribution >= 0.6 is 7.82 Å². The van der Waals surface area contributed by atoms with Crippen LogP contribution in [-0.2, 0) is 13.8 Å². The highest BCUT2D eigenvalue weighted by molar-refractivity contribution is 7.44. The number of aliphatic hydroxyl groups excluding tert-OH is 1. The van der Waals surface area contributed by atoms with Gasteiger partial charge in [-0.05, 0) is 6.07 Å². The van der Waals surface area contributed by atoms with Gasteiger partial charge in [-0.15, -0.1) is 0 Å². The number of phosphoric ester groups is 1. The van der Waals surface area contributed by atoms with Gasteiger partial charge in [-0.1, -0.05) is 0 Å². The molecule has 2 heterocycles. The highest BCUT2D eigenvalue weighted by Crippen LogP contribution is 2.34. The summed E-state index contributed by atoms with van der Waals surface area (Å²) < 4.78 is 21.1. The fourth-order valence-corrected chi connectivity index (χ4v) is 2.18. The Balaban J connectivity index is 2.06. The summed E-state index contributed by atoms with van der Waals surface area (Å²) in [5.74, 6) is 0.0530. The first kappa shape index (κ1) is 15.1. The second kappa shape index (κ2) is 5.60. The van der Waals surface area contributed by atoms with Gasteiger partial charge >= 0.3 is 5.69 Å². The van der Waals surface area contributed by atoms with E-state index in [1.807, 2.05) is 0 Å². The van der Waals surface area contributed by atoms with Gasteiger partial charge in [-0.3, -0.25) is 9.13 Å². The van der Waals surface area contributed by atoms with Crippen LogP contribution in [0.2, 0.25) is 0 Å². The van der Waals surface area contributed by atoms with Gasteiger partial charge in [0.1, 0.15) is 18.1 Å². The fraction of sp³-hybridized carbons (Fsp3) is 0.556. The van der Waals surface area contributed by atoms with E-state index in [1.54, 1.807) is 0 Å². The third kappa shape index (κ3) is 3.63. The van der Waals surface area contributed by atoms with Crippen molar-refractivity contribution in [3.05, 3.63) is 22.7 Å². The Hall–Kier alpha value is -1.29. The Kier molecular flexibility index (Phi) is 4.23. The first-order chi connectivity index (χ1) is 9.26. The molecule has 1 aromatic rings. The number of aromatic nitrogens is 2. The molecule has 10 nitrogen and oxygen atoms in total. The fourth-order valence-electron chi connectivity index (χ4n) is 1.85. The summed E-state index contributed by atoms with van der Waals surface area (Å²) in [6.07, 6.45) is -1.44. The number of ether oxygens (including phenoxy) is 1. The minimum Gasteiger partial charge on any atom is -0.756 e. The van der Waals surface area contributed by atoms with Gasteiger partial charge in [-0.25, -0.2) is 4.79 Å². The zero-order valence-corrected chi connectivity index (χ0v) is 11.1. The van der Waals surface area contributed by atoms with Gasteiger partial charge in [0.05, 0.1) is 12.7 Å². The summed E-state index contributed by atoms with van der Waals surface area (Å²) >= 11 is 0. The van der Waals surface area contributed by atoms with Crippen LogP contribution < -0.4 is 16.3 Å². The molecule has 0 amide bonds. The quantitative estimate of drug-likeness (QED) is 0.532. The summed E-state index contributed by atoms with van der Waals surface area (Å²) in [6, 6.07) is 1.39. The molecule has 1 saturated heterocycles. The van der Waals surface area contributed by atoms with Crippen molar-refractivity contribution in [2.75, 3.05) is 12.3 Å². The number of aliphatic hydroxyl groups is 1. The van der Waals surface area contributed by atoms with Crippen molar-refractivity contribution >= 4 is 13.6 Å². The number of nitrogen functional groups attached to an aromatic ring is 1. The van der Waals surface area contributed by atoms with Crippen LogP contribution in [-0.4, -0.2) is 38.4 Å². The van der Waals surface area contributed by atoms with Gasteiger partial charge in [0.2, 0.25) is 0 Å². The molecular formula is C9H13N3O7P-. The Bertz CT molecular complexity index is 585. The van der Waals surface area contributed by atoms with Crippen LogP contribution in [0.1, 0.15) is 12.6 Å². The van der Waals surface area contributed by atoms with E-state index >= 15 is 0 Å². The number of hydrogen-bond acceptors (Lipinski definition) is 8. The molecule has 0 bridgehead atoms. The largest absolute Gasteiger partial charge is 0.756 e. The summed E-state index contributed by atoms with van der Waals surface area (Å²) in [5.41, 5.74) is 4.70. The minimum absolute atomic E-state index is 0.0497. The van der Waals surface area contributed by atoms with Crippen molar-refractivity contribution in [2.45, 2.75) is 24.9 Å². The Morgan fingerprint density at radius 2 is 2.40 bits per heavy atom. The summed E-state index contributed by atoms with van der Waals surface area (Å²) in [6.45, 7) is -0.550. The molecular weight excluding hydrogens is 293 g/mol. The SMILES string of the molecule is Nc1ccn(C2CC(O)C(COP(=O)([O-])O)O2)c(=O)n1. The zero-order valence-electron chi connectivity index (χ0n) is 10.2. The van der Waals surface area contributed by atoms with E-state index < -0.39 is 38.6 Å². The van der Waals surface area contributed by atoms with Gasteiger partial charge in [-0.2, -0.15) is 4.98 Å². The third-order valence-corrected chi connectivity index (χ3v) is 3.24. The van der Waals surface area contributed by atoms with Crippen molar-refractivity contribution < 1.29 is 28.7 Å². The highest BCUT2D eigenvalue weighted by atomic mass is 31.2. The molecule has 0 radical (unpaired) electrons. The van der Waals surface area contributed by atoms with E-state index in [1.165, 1.54) is 12.3 Å². The minimum atomic E-state index is -4.89. The number of rotatable bonds is 4. The lowest BCUT2D eigenvalue weighted by Gasteiger charge is -2.20. The molecule has 0 saturated carbocycles. The highest BCUT2D eigenvalue weighted by Gasteiger charge is 2.36. The molecule has 11 heteroatoms. The standard InChI is InChI=1S/C9H14N3O7P/c10-7-1-2-12(9(14)11-7)8-3-5(13)6(19-8)4-18-20(15,16)17/h1-2,5-6,8,13H,3-4H2,(H2,10,11,14)(H2,15,16,17)/p-1. The van der Waals surface area contributed by atoms with Crippen LogP contribution in [0, 0.1) is 0 Å². The van der Waals surface area contributed by atoms with Gasteiger partial charge in [0.25, 0.3) is 7.82 Å². The topological polar surface area (TPSA) is 160 Å². The molecule has 1 aliphatic rings. The molecule has 1 aromatic heterocycles. The number of hydrogen-bond donors (Lipinski definition) is 3. The van der Waals surface area contributed by atoms with Crippen molar-refractivity contribution in [2.24, 2.45) is 0 Å². The average Bonchev–Trinajstić information content (AvgIpc) is 2.67. The molecule has 2 rings (SSSR count). The Morgan fingerprint density at radius 3 is 3.00 bits per heavy atom. The molecule has 1 fully saturated rings. The average molecular weight is 306 g/mol. The number of nitrogens with two attached hydrogens (primary N) is 1. The number of anilines is 1. The van der Waals surface area contributed by atoms with Crippen molar-refractivity contribution in [3.8, 4) is 0 Å². The maximum Gasteiger partial charge on any atom is 0.351 e. The molecule has 4 atom stereocenters. The van der Waals surface area contributed by atoms with Crippen molar-refractivity contribution in [1.29, 1.82) is 0 Å². The normalized spacial score (nSPS) is 29.2. The van der Waals surface area contributed by atoms with E-state index in [0.717, 1.165) is 4.57 Å². The number of phosphoric acid groups is 1. The van der Waals surface area contributed by atoms with Crippen LogP contribution in [0.25, 0.3) is 0 Å². The van der Waals surface area contributed by atoms with E-state index in [-0.39, 0.29) is 12.2 Å². The predicted octanol–water partition coefficient (Wildman–Crippen LogP) is -2.05. The molecule has 112 valence electrons. The Morgan fingerprint density at radius 1 is 1.70 bits per heavy atom. The molecule has 0 aliphatic carbocycles. The molecule has 0 spiro atoms. The van der Waals surface area contributed by atoms with E-state index in [0.29, 0.717) is 0 Å². The predicted molar refractivity (Wildman–Crippen MR) is 63.2 cm³/mol. The first-order valence-electron chi connectivity index (χ1n) is 5.63. The first-order valence-corrected chi connectivity index (χ1v) is 7.12. The number of nitrogens with zero attached hydrogens (tertiary/aromatic N) is 2. The lowest BCUT2D eigenvalue weighted by atomic mass is 10.2. The van der Waals surface area contributed by atoms with Crippen LogP contribution in [0.15, 0.2) is 17.1 Å². The van der Waals surface area contributed by atoms with Crippen LogP contribution in [0.5, 0.6) is 0 Å². The third-order valence-electron chi connectivity index (χ3n) is 2.77. The molecule has 20 heavy (non-hydrogen) atoms. The Labute approximate surface area is 113 Å². The van der Waals surface area contributed by atoms with Gasteiger partial charge in [0.15, 0.2) is 0 Å². The maximum atomic E-state index is 11.6. The smallest absolute Gasteiger partial charge is 0.351 e. The molecule has 1 aliphatic heterocycles. The molecule has 0 aromatic carbocycles. The van der Waals surface area contributed by atoms with E-state index in [9.17, 15) is 19.4 Å². The van der Waals surface area contributed by atoms with Crippen LogP contribution in [0.4, 0.5) is 5.82 Å². The second-order valence-electron chi connectivity index (χ2n) is 4.24. The maximum absolute atomic E-state index is 11.6. The van der Waals surface area contributed by atoms with E-state index in [4.69, 9.17) is 15.4 Å². The van der Waals surface area contributed by atoms with Gasteiger partial charge in [0, 0.05) is 12.6 Å². The van der Waals surface area contributed by atoms with Crippen molar-refractivity contribution in [3.63, 3.8) is 0 Å².